The maximum absolute atomic E-state index is 12.8. The van der Waals surface area contributed by atoms with Gasteiger partial charge >= 0.3 is 5.97 Å². The SMILES string of the molecule is CCOC(=O)c1c(C)oc2ncn(CCOc3cc(C)ccc3C)c(=O)c12. The molecule has 2 heterocycles. The molecule has 0 N–H and O–H groups in total. The van der Waals surface area contributed by atoms with Crippen molar-refractivity contribution in [3.63, 3.8) is 0 Å². The van der Waals surface area contributed by atoms with E-state index in [1.54, 1.807) is 13.8 Å². The number of ether oxygens (including phenoxy) is 2. The molecule has 0 aliphatic rings. The number of esters is 1. The number of fused-ring (bicyclic) bond motifs is 1. The summed E-state index contributed by atoms with van der Waals surface area (Å²) in [5, 5.41) is 0.139. The molecule has 0 unspecified atom stereocenters. The summed E-state index contributed by atoms with van der Waals surface area (Å²) < 4.78 is 17.7. The molecule has 0 radical (unpaired) electrons. The molecule has 27 heavy (non-hydrogen) atoms. The number of hydrogen-bond donors (Lipinski definition) is 0. The molecule has 3 aromatic rings. The first-order chi connectivity index (χ1) is 12.9. The molecule has 7 nitrogen and oxygen atoms in total. The molecule has 0 spiro atoms. The normalized spacial score (nSPS) is 11.0. The molecule has 0 aliphatic heterocycles. The third-order valence-electron chi connectivity index (χ3n) is 4.27. The van der Waals surface area contributed by atoms with E-state index in [-0.39, 0.29) is 28.8 Å². The van der Waals surface area contributed by atoms with Gasteiger partial charge in [-0.2, -0.15) is 0 Å². The summed E-state index contributed by atoms with van der Waals surface area (Å²) in [6.45, 7) is 8.08. The molecule has 0 amide bonds. The van der Waals surface area contributed by atoms with Crippen LogP contribution in [0.2, 0.25) is 0 Å². The van der Waals surface area contributed by atoms with E-state index in [1.165, 1.54) is 10.9 Å². The predicted octanol–water partition coefficient (Wildman–Crippen LogP) is 3.17. The van der Waals surface area contributed by atoms with Gasteiger partial charge in [-0.05, 0) is 44.9 Å². The fourth-order valence-electron chi connectivity index (χ4n) is 2.86. The molecule has 142 valence electrons. The maximum atomic E-state index is 12.8. The average Bonchev–Trinajstić information content (AvgIpc) is 2.97. The summed E-state index contributed by atoms with van der Waals surface area (Å²) in [6, 6.07) is 5.96. The lowest BCUT2D eigenvalue weighted by molar-refractivity contribution is 0.0526. The molecular weight excluding hydrogens is 348 g/mol. The second kappa shape index (κ2) is 7.65. The van der Waals surface area contributed by atoms with Crippen LogP contribution in [0.1, 0.15) is 34.2 Å². The van der Waals surface area contributed by atoms with Gasteiger partial charge in [-0.3, -0.25) is 9.36 Å². The lowest BCUT2D eigenvalue weighted by Gasteiger charge is -2.11. The second-order valence-corrected chi connectivity index (χ2v) is 6.29. The van der Waals surface area contributed by atoms with Crippen LogP contribution in [0, 0.1) is 20.8 Å². The summed E-state index contributed by atoms with van der Waals surface area (Å²) in [6.07, 6.45) is 1.40. The number of aromatic nitrogens is 2. The molecule has 0 saturated carbocycles. The topological polar surface area (TPSA) is 83.6 Å². The van der Waals surface area contributed by atoms with Gasteiger partial charge in [0, 0.05) is 0 Å². The fourth-order valence-corrected chi connectivity index (χ4v) is 2.86. The van der Waals surface area contributed by atoms with Gasteiger partial charge in [0.15, 0.2) is 0 Å². The van der Waals surface area contributed by atoms with E-state index in [4.69, 9.17) is 13.9 Å². The Labute approximate surface area is 156 Å². The molecule has 0 aliphatic carbocycles. The van der Waals surface area contributed by atoms with E-state index in [0.29, 0.717) is 18.9 Å². The highest BCUT2D eigenvalue weighted by atomic mass is 16.5. The predicted molar refractivity (Wildman–Crippen MR) is 100 cm³/mol. The number of nitrogens with zero attached hydrogens (tertiary/aromatic N) is 2. The minimum absolute atomic E-state index is 0.132. The molecule has 2 aromatic heterocycles. The van der Waals surface area contributed by atoms with Crippen LogP contribution in [0.4, 0.5) is 0 Å². The van der Waals surface area contributed by atoms with E-state index in [1.807, 2.05) is 32.0 Å². The van der Waals surface area contributed by atoms with Crippen molar-refractivity contribution in [3.8, 4) is 5.75 Å². The first kappa shape index (κ1) is 18.7. The Balaban J connectivity index is 1.86. The number of rotatable bonds is 6. The number of hydrogen-bond acceptors (Lipinski definition) is 6. The smallest absolute Gasteiger partial charge is 0.342 e. The Bertz CT molecular complexity index is 1050. The van der Waals surface area contributed by atoms with Crippen molar-refractivity contribution in [2.45, 2.75) is 34.2 Å². The van der Waals surface area contributed by atoms with E-state index >= 15 is 0 Å². The van der Waals surface area contributed by atoms with E-state index < -0.39 is 5.97 Å². The first-order valence-corrected chi connectivity index (χ1v) is 8.78. The minimum Gasteiger partial charge on any atom is -0.491 e. The number of aryl methyl sites for hydroxylation is 3. The van der Waals surface area contributed by atoms with Gasteiger partial charge in [0.05, 0.1) is 13.2 Å². The zero-order valence-electron chi connectivity index (χ0n) is 15.9. The highest BCUT2D eigenvalue weighted by Gasteiger charge is 2.23. The standard InChI is InChI=1S/C20H22N2O5/c1-5-25-20(24)16-14(4)27-18-17(16)19(23)22(11-21-18)8-9-26-15-10-12(2)6-7-13(15)3/h6-7,10-11H,5,8-9H2,1-4H3. The molecule has 7 heteroatoms. The van der Waals surface area contributed by atoms with Crippen LogP contribution in [0.15, 0.2) is 33.7 Å². The van der Waals surface area contributed by atoms with Gasteiger partial charge < -0.3 is 13.9 Å². The van der Waals surface area contributed by atoms with Crippen LogP contribution in [-0.2, 0) is 11.3 Å². The zero-order valence-corrected chi connectivity index (χ0v) is 15.9. The molecule has 3 rings (SSSR count). The highest BCUT2D eigenvalue weighted by Crippen LogP contribution is 2.22. The summed E-state index contributed by atoms with van der Waals surface area (Å²) >= 11 is 0. The number of carbonyl (C=O) groups excluding carboxylic acids is 1. The second-order valence-electron chi connectivity index (χ2n) is 6.29. The average molecular weight is 370 g/mol. The monoisotopic (exact) mass is 370 g/mol. The molecule has 0 fully saturated rings. The molecule has 0 saturated heterocycles. The van der Waals surface area contributed by atoms with Crippen LogP contribution in [0.5, 0.6) is 5.75 Å². The van der Waals surface area contributed by atoms with Gasteiger partial charge in [-0.1, -0.05) is 12.1 Å². The Hall–Kier alpha value is -3.09. The van der Waals surface area contributed by atoms with Crippen molar-refractivity contribution < 1.29 is 18.7 Å². The molecule has 0 bridgehead atoms. The van der Waals surface area contributed by atoms with Crippen molar-refractivity contribution in [2.24, 2.45) is 0 Å². The van der Waals surface area contributed by atoms with Gasteiger partial charge in [0.1, 0.15) is 35.4 Å². The van der Waals surface area contributed by atoms with Crippen molar-refractivity contribution in [3.05, 3.63) is 57.3 Å². The lowest BCUT2D eigenvalue weighted by Crippen LogP contribution is -2.24. The van der Waals surface area contributed by atoms with E-state index in [2.05, 4.69) is 4.98 Å². The van der Waals surface area contributed by atoms with Crippen LogP contribution >= 0.6 is 0 Å². The zero-order chi connectivity index (χ0) is 19.6. The number of furan rings is 1. The quantitative estimate of drug-likeness (QED) is 0.620. The van der Waals surface area contributed by atoms with Gasteiger partial charge in [0.25, 0.3) is 5.56 Å². The largest absolute Gasteiger partial charge is 0.491 e. The summed E-state index contributed by atoms with van der Waals surface area (Å²) in [7, 11) is 0. The number of benzene rings is 1. The molecule has 1 aromatic carbocycles. The van der Waals surface area contributed by atoms with Crippen LogP contribution < -0.4 is 10.3 Å². The first-order valence-electron chi connectivity index (χ1n) is 8.78. The van der Waals surface area contributed by atoms with Gasteiger partial charge in [-0.25, -0.2) is 9.78 Å². The van der Waals surface area contributed by atoms with Gasteiger partial charge in [0.2, 0.25) is 5.71 Å². The maximum Gasteiger partial charge on any atom is 0.342 e. The Morgan fingerprint density at radius 3 is 2.78 bits per heavy atom. The van der Waals surface area contributed by atoms with Crippen molar-refractivity contribution >= 4 is 17.1 Å². The Morgan fingerprint density at radius 1 is 1.26 bits per heavy atom. The highest BCUT2D eigenvalue weighted by molar-refractivity contribution is 6.03. The van der Waals surface area contributed by atoms with E-state index in [9.17, 15) is 9.59 Å². The van der Waals surface area contributed by atoms with Crippen molar-refractivity contribution in [2.75, 3.05) is 13.2 Å². The summed E-state index contributed by atoms with van der Waals surface area (Å²) in [5.41, 5.74) is 2.03. The molecular formula is C20H22N2O5. The Kier molecular flexibility index (Phi) is 5.30. The number of carbonyl (C=O) groups is 1. The third kappa shape index (κ3) is 3.72. The van der Waals surface area contributed by atoms with Crippen molar-refractivity contribution in [1.29, 1.82) is 0 Å². The molecule has 0 atom stereocenters. The summed E-state index contributed by atoms with van der Waals surface area (Å²) in [5.74, 6) is 0.512. The van der Waals surface area contributed by atoms with Crippen LogP contribution in [-0.4, -0.2) is 28.7 Å². The third-order valence-corrected chi connectivity index (χ3v) is 4.27. The fraction of sp³-hybridized carbons (Fsp3) is 0.350. The van der Waals surface area contributed by atoms with Crippen LogP contribution in [0.25, 0.3) is 11.1 Å². The summed E-state index contributed by atoms with van der Waals surface area (Å²) in [4.78, 5) is 29.2. The van der Waals surface area contributed by atoms with E-state index in [0.717, 1.165) is 16.9 Å². The minimum atomic E-state index is -0.586. The lowest BCUT2D eigenvalue weighted by atomic mass is 10.1. The van der Waals surface area contributed by atoms with Crippen LogP contribution in [0.3, 0.4) is 0 Å². The Morgan fingerprint density at radius 2 is 2.04 bits per heavy atom. The van der Waals surface area contributed by atoms with Crippen molar-refractivity contribution in [1.82, 2.24) is 9.55 Å². The van der Waals surface area contributed by atoms with Gasteiger partial charge in [-0.15, -0.1) is 0 Å².